The number of aryl methyl sites for hydroxylation is 1. The number of hydrogen-bond donors (Lipinski definition) is 2. The first-order valence-corrected chi connectivity index (χ1v) is 8.67. The molecular weight excluding hydrogens is 342 g/mol. The molecule has 2 N–H and O–H groups in total. The predicted molar refractivity (Wildman–Crippen MR) is 107 cm³/mol. The molecule has 2 amide bonds. The van der Waals surface area contributed by atoms with Gasteiger partial charge in [0.25, 0.3) is 0 Å². The standard InChI is InChI=1S/C20H25N5O2/c1-5-17(21-20(26)22-19-10-8-7-9-15(19)3)12-11-16(4)25-13-18(23-24-25)14-27-6-2/h5,7-13H,1,6,14H2,2-4H3,(H2,21,22,26)/b16-11+,17-12+. The maximum atomic E-state index is 12.2. The minimum Gasteiger partial charge on any atom is -0.375 e. The van der Waals surface area contributed by atoms with Gasteiger partial charge in [-0.1, -0.05) is 30.0 Å². The van der Waals surface area contributed by atoms with Crippen LogP contribution in [0.15, 0.2) is 61.0 Å². The highest BCUT2D eigenvalue weighted by atomic mass is 16.5. The van der Waals surface area contributed by atoms with Gasteiger partial charge < -0.3 is 15.4 Å². The summed E-state index contributed by atoms with van der Waals surface area (Å²) in [7, 11) is 0. The fourth-order valence-corrected chi connectivity index (χ4v) is 2.19. The third-order valence-electron chi connectivity index (χ3n) is 3.73. The van der Waals surface area contributed by atoms with Gasteiger partial charge in [-0.3, -0.25) is 0 Å². The van der Waals surface area contributed by atoms with Crippen molar-refractivity contribution in [1.29, 1.82) is 0 Å². The average molecular weight is 367 g/mol. The normalized spacial score (nSPS) is 12.0. The Bertz CT molecular complexity index is 852. The van der Waals surface area contributed by atoms with Crippen molar-refractivity contribution < 1.29 is 9.53 Å². The summed E-state index contributed by atoms with van der Waals surface area (Å²) in [5.74, 6) is 0. The van der Waals surface area contributed by atoms with Crippen LogP contribution < -0.4 is 10.6 Å². The molecule has 0 aliphatic carbocycles. The first-order chi connectivity index (χ1) is 13.0. The summed E-state index contributed by atoms with van der Waals surface area (Å²) in [6.45, 7) is 10.5. The summed E-state index contributed by atoms with van der Waals surface area (Å²) < 4.78 is 6.97. The molecule has 2 rings (SSSR count). The second-order valence-corrected chi connectivity index (χ2v) is 5.82. The van der Waals surface area contributed by atoms with Crippen LogP contribution in [-0.4, -0.2) is 27.6 Å². The van der Waals surface area contributed by atoms with Crippen LogP contribution in [0, 0.1) is 6.92 Å². The zero-order valence-corrected chi connectivity index (χ0v) is 15.9. The minimum atomic E-state index is -0.332. The predicted octanol–water partition coefficient (Wildman–Crippen LogP) is 3.88. The summed E-state index contributed by atoms with van der Waals surface area (Å²) >= 11 is 0. The fourth-order valence-electron chi connectivity index (χ4n) is 2.19. The summed E-state index contributed by atoms with van der Waals surface area (Å²) in [5.41, 5.74) is 3.91. The van der Waals surface area contributed by atoms with Gasteiger partial charge in [-0.25, -0.2) is 9.48 Å². The molecule has 0 radical (unpaired) electrons. The Hall–Kier alpha value is -3.19. The Labute approximate surface area is 159 Å². The van der Waals surface area contributed by atoms with Crippen LogP contribution in [0.4, 0.5) is 10.5 Å². The number of carbonyl (C=O) groups is 1. The molecule has 0 atom stereocenters. The van der Waals surface area contributed by atoms with E-state index in [1.807, 2.05) is 51.1 Å². The molecule has 142 valence electrons. The summed E-state index contributed by atoms with van der Waals surface area (Å²) in [5, 5.41) is 13.7. The van der Waals surface area contributed by atoms with Crippen molar-refractivity contribution in [3.8, 4) is 0 Å². The highest BCUT2D eigenvalue weighted by Crippen LogP contribution is 2.13. The first-order valence-electron chi connectivity index (χ1n) is 8.67. The van der Waals surface area contributed by atoms with Gasteiger partial charge >= 0.3 is 6.03 Å². The van der Waals surface area contributed by atoms with Gasteiger partial charge in [0.05, 0.1) is 12.8 Å². The van der Waals surface area contributed by atoms with E-state index in [1.54, 1.807) is 23.0 Å². The van der Waals surface area contributed by atoms with Gasteiger partial charge in [0, 0.05) is 23.7 Å². The molecule has 0 saturated carbocycles. The highest BCUT2D eigenvalue weighted by molar-refractivity contribution is 5.91. The van der Waals surface area contributed by atoms with E-state index in [-0.39, 0.29) is 6.03 Å². The highest BCUT2D eigenvalue weighted by Gasteiger charge is 2.05. The number of para-hydroxylation sites is 1. The lowest BCUT2D eigenvalue weighted by molar-refractivity contribution is 0.131. The Balaban J connectivity index is 2.01. The monoisotopic (exact) mass is 367 g/mol. The number of nitrogens with one attached hydrogen (secondary N) is 2. The SMILES string of the molecule is C=C/C(=C\C=C(/C)n1cc(COCC)nn1)NC(=O)Nc1ccccc1C. The number of urea groups is 1. The summed E-state index contributed by atoms with van der Waals surface area (Å²) in [6.07, 6.45) is 6.96. The number of amides is 2. The van der Waals surface area contributed by atoms with E-state index in [0.29, 0.717) is 18.9 Å². The molecule has 1 heterocycles. The van der Waals surface area contributed by atoms with Gasteiger partial charge in [-0.2, -0.15) is 0 Å². The van der Waals surface area contributed by atoms with Crippen molar-refractivity contribution in [3.05, 3.63) is 72.2 Å². The number of ether oxygens (including phenoxy) is 1. The van der Waals surface area contributed by atoms with Crippen LogP contribution >= 0.6 is 0 Å². The number of hydrogen-bond acceptors (Lipinski definition) is 4. The van der Waals surface area contributed by atoms with Crippen molar-refractivity contribution in [2.45, 2.75) is 27.4 Å². The smallest absolute Gasteiger partial charge is 0.323 e. The number of rotatable bonds is 8. The largest absolute Gasteiger partial charge is 0.375 e. The second-order valence-electron chi connectivity index (χ2n) is 5.82. The number of anilines is 1. The van der Waals surface area contributed by atoms with E-state index < -0.39 is 0 Å². The lowest BCUT2D eigenvalue weighted by atomic mass is 10.2. The lowest BCUT2D eigenvalue weighted by Crippen LogP contribution is -2.27. The van der Waals surface area contributed by atoms with Gasteiger partial charge in [-0.15, -0.1) is 5.10 Å². The van der Waals surface area contributed by atoms with Crippen molar-refractivity contribution in [1.82, 2.24) is 20.3 Å². The first kappa shape index (κ1) is 20.1. The number of nitrogens with zero attached hydrogens (tertiary/aromatic N) is 3. The zero-order valence-electron chi connectivity index (χ0n) is 15.9. The van der Waals surface area contributed by atoms with E-state index in [4.69, 9.17) is 4.74 Å². The maximum absolute atomic E-state index is 12.2. The van der Waals surface area contributed by atoms with Crippen LogP contribution in [0.2, 0.25) is 0 Å². The Morgan fingerprint density at radius 1 is 1.33 bits per heavy atom. The number of benzene rings is 1. The average Bonchev–Trinajstić information content (AvgIpc) is 3.14. The zero-order chi connectivity index (χ0) is 19.6. The molecule has 1 aromatic heterocycles. The third kappa shape index (κ3) is 6.23. The van der Waals surface area contributed by atoms with E-state index >= 15 is 0 Å². The number of allylic oxidation sites excluding steroid dienone is 4. The second kappa shape index (κ2) is 10.1. The van der Waals surface area contributed by atoms with Gasteiger partial charge in [0.1, 0.15) is 5.69 Å². The topological polar surface area (TPSA) is 81.1 Å². The van der Waals surface area contributed by atoms with Gasteiger partial charge in [0.15, 0.2) is 0 Å². The van der Waals surface area contributed by atoms with Crippen molar-refractivity contribution in [3.63, 3.8) is 0 Å². The Morgan fingerprint density at radius 3 is 2.81 bits per heavy atom. The summed E-state index contributed by atoms with van der Waals surface area (Å²) in [6, 6.07) is 7.24. The van der Waals surface area contributed by atoms with Crippen LogP contribution in [0.3, 0.4) is 0 Å². The molecule has 0 saturated heterocycles. The van der Waals surface area contributed by atoms with E-state index in [0.717, 1.165) is 22.6 Å². The molecule has 1 aromatic carbocycles. The van der Waals surface area contributed by atoms with E-state index in [1.165, 1.54) is 0 Å². The number of aromatic nitrogens is 3. The van der Waals surface area contributed by atoms with Crippen LogP contribution in [0.25, 0.3) is 5.70 Å². The molecule has 0 fully saturated rings. The maximum Gasteiger partial charge on any atom is 0.323 e. The third-order valence-corrected chi connectivity index (χ3v) is 3.73. The van der Waals surface area contributed by atoms with Crippen molar-refractivity contribution in [2.24, 2.45) is 0 Å². The molecule has 7 nitrogen and oxygen atoms in total. The molecule has 0 unspecified atom stereocenters. The van der Waals surface area contributed by atoms with Crippen LogP contribution in [0.5, 0.6) is 0 Å². The summed E-state index contributed by atoms with van der Waals surface area (Å²) in [4.78, 5) is 12.2. The molecule has 0 bridgehead atoms. The molecule has 2 aromatic rings. The molecule has 0 aliphatic heterocycles. The Kier molecular flexibility index (Phi) is 7.51. The number of carbonyl (C=O) groups excluding carboxylic acids is 1. The molecule has 7 heteroatoms. The van der Waals surface area contributed by atoms with Crippen LogP contribution in [0.1, 0.15) is 25.1 Å². The lowest BCUT2D eigenvalue weighted by Gasteiger charge is -2.10. The van der Waals surface area contributed by atoms with Crippen molar-refractivity contribution in [2.75, 3.05) is 11.9 Å². The van der Waals surface area contributed by atoms with Gasteiger partial charge in [0.2, 0.25) is 0 Å². The van der Waals surface area contributed by atoms with Crippen LogP contribution in [-0.2, 0) is 11.3 Å². The Morgan fingerprint density at radius 2 is 2.11 bits per heavy atom. The minimum absolute atomic E-state index is 0.332. The molecule has 27 heavy (non-hydrogen) atoms. The molecular formula is C20H25N5O2. The quantitative estimate of drug-likeness (QED) is 0.694. The molecule has 0 aliphatic rings. The van der Waals surface area contributed by atoms with E-state index in [9.17, 15) is 4.79 Å². The fraction of sp³-hybridized carbons (Fsp3) is 0.250. The molecule has 0 spiro atoms. The van der Waals surface area contributed by atoms with E-state index in [2.05, 4.69) is 27.5 Å². The van der Waals surface area contributed by atoms with Gasteiger partial charge in [-0.05, 0) is 50.6 Å². The van der Waals surface area contributed by atoms with Crippen molar-refractivity contribution >= 4 is 17.4 Å².